The minimum absolute atomic E-state index is 0. The third-order valence-electron chi connectivity index (χ3n) is 5.65. The quantitative estimate of drug-likeness (QED) is 0.365. The molecule has 1 aliphatic heterocycles. The van der Waals surface area contributed by atoms with Gasteiger partial charge in [0.1, 0.15) is 0 Å². The second-order valence-electron chi connectivity index (χ2n) is 7.91. The molecule has 0 amide bonds. The zero-order valence-electron chi connectivity index (χ0n) is 18.2. The van der Waals surface area contributed by atoms with Gasteiger partial charge >= 0.3 is 0 Å². The Morgan fingerprint density at radius 1 is 1.00 bits per heavy atom. The van der Waals surface area contributed by atoms with Crippen molar-refractivity contribution in [2.24, 2.45) is 5.92 Å². The normalized spacial score (nSPS) is 15.0. The Balaban J connectivity index is 0.00000240. The lowest BCUT2D eigenvalue weighted by Crippen LogP contribution is -2.35. The van der Waals surface area contributed by atoms with E-state index in [1.807, 2.05) is 12.1 Å². The van der Waals surface area contributed by atoms with Crippen LogP contribution >= 0.6 is 36.6 Å². The number of hydrogen-bond donors (Lipinski definition) is 1. The summed E-state index contributed by atoms with van der Waals surface area (Å²) < 4.78 is 23.1. The van der Waals surface area contributed by atoms with Gasteiger partial charge in [0.15, 0.2) is 9.84 Å². The van der Waals surface area contributed by atoms with Crippen LogP contribution in [0.5, 0.6) is 0 Å². The molecule has 2 aromatic carbocycles. The van der Waals surface area contributed by atoms with Gasteiger partial charge in [-0.3, -0.25) is 0 Å². The van der Waals surface area contributed by atoms with Crippen molar-refractivity contribution in [3.05, 3.63) is 54.1 Å². The fraction of sp³-hybridized carbons (Fsp3) is 0.478. The summed E-state index contributed by atoms with van der Waals surface area (Å²) in [6, 6.07) is 16.0. The summed E-state index contributed by atoms with van der Waals surface area (Å²) in [7, 11) is -3.10. The molecular weight excluding hydrogens is 471 g/mol. The van der Waals surface area contributed by atoms with E-state index in [4.69, 9.17) is 0 Å². The van der Waals surface area contributed by atoms with Crippen LogP contribution in [0.15, 0.2) is 58.3 Å². The molecule has 3 rings (SSSR count). The van der Waals surface area contributed by atoms with Gasteiger partial charge in [-0.1, -0.05) is 12.1 Å². The van der Waals surface area contributed by atoms with Crippen LogP contribution in [0, 0.1) is 5.92 Å². The van der Waals surface area contributed by atoms with Gasteiger partial charge < -0.3 is 10.2 Å². The molecule has 8 heteroatoms. The predicted octanol–water partition coefficient (Wildman–Crippen LogP) is 5.41. The first-order valence-corrected chi connectivity index (χ1v) is 13.4. The summed E-state index contributed by atoms with van der Waals surface area (Å²) in [5.74, 6) is 0.698. The molecule has 0 atom stereocenters. The van der Waals surface area contributed by atoms with Crippen molar-refractivity contribution >= 4 is 52.1 Å². The van der Waals surface area contributed by atoms with Gasteiger partial charge in [-0.2, -0.15) is 0 Å². The number of nitrogens with one attached hydrogen (secondary N) is 1. The van der Waals surface area contributed by atoms with Crippen LogP contribution in [0.4, 0.5) is 5.69 Å². The van der Waals surface area contributed by atoms with Crippen molar-refractivity contribution < 1.29 is 8.42 Å². The van der Waals surface area contributed by atoms with Crippen LogP contribution in [-0.2, 0) is 16.3 Å². The molecule has 0 aromatic heterocycles. The number of hydrogen-bond acceptors (Lipinski definition) is 5. The zero-order valence-corrected chi connectivity index (χ0v) is 21.5. The Hall–Kier alpha value is -0.920. The first kappa shape index (κ1) is 28.1. The van der Waals surface area contributed by atoms with Gasteiger partial charge in [-0.25, -0.2) is 8.42 Å². The molecule has 1 heterocycles. The van der Waals surface area contributed by atoms with Crippen molar-refractivity contribution in [1.29, 1.82) is 0 Å². The minimum atomic E-state index is -3.10. The molecule has 174 valence electrons. The molecule has 1 fully saturated rings. The Bertz CT molecular complexity index is 867. The molecule has 31 heavy (non-hydrogen) atoms. The maximum Gasteiger partial charge on any atom is 0.175 e. The number of benzene rings is 2. The Morgan fingerprint density at radius 3 is 2.16 bits per heavy atom. The Kier molecular flexibility index (Phi) is 12.3. The number of anilines is 1. The fourth-order valence-electron chi connectivity index (χ4n) is 3.86. The number of rotatable bonds is 9. The number of thioether (sulfide) groups is 1. The molecule has 0 saturated carbocycles. The maximum atomic E-state index is 11.6. The topological polar surface area (TPSA) is 49.4 Å². The molecule has 2 aromatic rings. The molecule has 0 radical (unpaired) electrons. The van der Waals surface area contributed by atoms with E-state index in [0.29, 0.717) is 10.8 Å². The molecular formula is C23H34Cl2N2O2S2. The monoisotopic (exact) mass is 504 g/mol. The average molecular weight is 506 g/mol. The van der Waals surface area contributed by atoms with Gasteiger partial charge in [0, 0.05) is 23.4 Å². The van der Waals surface area contributed by atoms with E-state index >= 15 is 0 Å². The van der Waals surface area contributed by atoms with Gasteiger partial charge in [0.25, 0.3) is 0 Å². The largest absolute Gasteiger partial charge is 0.385 e. The highest BCUT2D eigenvalue weighted by atomic mass is 35.5. The lowest BCUT2D eigenvalue weighted by atomic mass is 9.90. The van der Waals surface area contributed by atoms with Crippen LogP contribution in [0.2, 0.25) is 0 Å². The van der Waals surface area contributed by atoms with Crippen LogP contribution < -0.4 is 5.32 Å². The summed E-state index contributed by atoms with van der Waals surface area (Å²) in [6.45, 7) is 4.47. The van der Waals surface area contributed by atoms with Crippen molar-refractivity contribution in [3.8, 4) is 0 Å². The number of sulfone groups is 1. The van der Waals surface area contributed by atoms with Gasteiger partial charge in [0.2, 0.25) is 0 Å². The molecule has 4 nitrogen and oxygen atoms in total. The number of nitrogens with zero attached hydrogens (tertiary/aromatic N) is 1. The Morgan fingerprint density at radius 2 is 1.61 bits per heavy atom. The molecule has 1 saturated heterocycles. The number of piperidine rings is 1. The maximum absolute atomic E-state index is 11.6. The molecule has 0 aliphatic carbocycles. The SMILES string of the molecule is CSc1ccc(NCCCN2CCC(Cc3ccc(S(C)(=O)=O)cc3)CC2)cc1.Cl.Cl. The first-order valence-electron chi connectivity index (χ1n) is 10.3. The molecule has 0 spiro atoms. The zero-order chi connectivity index (χ0) is 20.7. The van der Waals surface area contributed by atoms with E-state index in [1.54, 1.807) is 23.9 Å². The smallest absolute Gasteiger partial charge is 0.175 e. The van der Waals surface area contributed by atoms with E-state index in [9.17, 15) is 8.42 Å². The predicted molar refractivity (Wildman–Crippen MR) is 138 cm³/mol. The lowest BCUT2D eigenvalue weighted by molar-refractivity contribution is 0.183. The van der Waals surface area contributed by atoms with Crippen LogP contribution in [-0.4, -0.2) is 52.0 Å². The summed E-state index contributed by atoms with van der Waals surface area (Å²) in [6.07, 6.45) is 8.00. The van der Waals surface area contributed by atoms with Gasteiger partial charge in [-0.15, -0.1) is 36.6 Å². The third-order valence-corrected chi connectivity index (χ3v) is 7.53. The van der Waals surface area contributed by atoms with E-state index in [-0.39, 0.29) is 24.8 Å². The fourth-order valence-corrected chi connectivity index (χ4v) is 4.90. The lowest BCUT2D eigenvalue weighted by Gasteiger charge is -2.32. The summed E-state index contributed by atoms with van der Waals surface area (Å²) >= 11 is 1.77. The van der Waals surface area contributed by atoms with Crippen LogP contribution in [0.3, 0.4) is 0 Å². The minimum Gasteiger partial charge on any atom is -0.385 e. The van der Waals surface area contributed by atoms with Crippen LogP contribution in [0.25, 0.3) is 0 Å². The summed E-state index contributed by atoms with van der Waals surface area (Å²) in [5, 5.41) is 3.51. The van der Waals surface area contributed by atoms with Crippen LogP contribution in [0.1, 0.15) is 24.8 Å². The summed E-state index contributed by atoms with van der Waals surface area (Å²) in [5.41, 5.74) is 2.44. The average Bonchev–Trinajstić information content (AvgIpc) is 2.72. The van der Waals surface area contributed by atoms with Gasteiger partial charge in [-0.05, 0) is 99.5 Å². The Labute approximate surface area is 204 Å². The second-order valence-corrected chi connectivity index (χ2v) is 10.8. The highest BCUT2D eigenvalue weighted by Gasteiger charge is 2.19. The highest BCUT2D eigenvalue weighted by molar-refractivity contribution is 7.98. The molecule has 0 bridgehead atoms. The third kappa shape index (κ3) is 9.22. The van der Waals surface area contributed by atoms with E-state index in [2.05, 4.69) is 40.7 Å². The first-order chi connectivity index (χ1) is 13.9. The molecule has 1 N–H and O–H groups in total. The second kappa shape index (κ2) is 13.6. The number of likely N-dealkylation sites (tertiary alicyclic amines) is 1. The molecule has 1 aliphatic rings. The standard InChI is InChI=1S/C23H32N2O2S2.2ClH/c1-28-22-8-6-21(7-9-22)24-14-3-15-25-16-12-20(13-17-25)18-19-4-10-23(11-5-19)29(2,26)27;;/h4-11,20,24H,3,12-18H2,1-2H3;2*1H. The molecule has 0 unspecified atom stereocenters. The van der Waals surface area contributed by atoms with Crippen molar-refractivity contribution in [3.63, 3.8) is 0 Å². The van der Waals surface area contributed by atoms with E-state index in [1.165, 1.54) is 35.2 Å². The van der Waals surface area contributed by atoms with Crippen molar-refractivity contribution in [2.75, 3.05) is 44.0 Å². The number of halogens is 2. The van der Waals surface area contributed by atoms with E-state index < -0.39 is 9.84 Å². The highest BCUT2D eigenvalue weighted by Crippen LogP contribution is 2.23. The van der Waals surface area contributed by atoms with E-state index in [0.717, 1.165) is 39.0 Å². The van der Waals surface area contributed by atoms with Gasteiger partial charge in [0.05, 0.1) is 4.90 Å². The van der Waals surface area contributed by atoms with Crippen molar-refractivity contribution in [2.45, 2.75) is 35.5 Å². The summed E-state index contributed by atoms with van der Waals surface area (Å²) in [4.78, 5) is 4.27. The van der Waals surface area contributed by atoms with Crippen molar-refractivity contribution in [1.82, 2.24) is 4.90 Å².